The number of rotatable bonds is 4. The summed E-state index contributed by atoms with van der Waals surface area (Å²) in [7, 11) is 1.67. The molecule has 1 saturated heterocycles. The average Bonchev–Trinajstić information content (AvgIpc) is 3.15. The number of likely N-dealkylation sites (tertiary alicyclic amines) is 1. The Morgan fingerprint density at radius 1 is 1.11 bits per heavy atom. The lowest BCUT2D eigenvalue weighted by Gasteiger charge is -2.39. The molecular formula is C26H23Cl2FN6O2. The number of fused-ring (bicyclic) bond motifs is 1. The molecule has 2 aromatic carbocycles. The first-order valence-corrected chi connectivity index (χ1v) is 12.4. The molecule has 1 aliphatic rings. The van der Waals surface area contributed by atoms with Gasteiger partial charge in [0.15, 0.2) is 0 Å². The van der Waals surface area contributed by atoms with Gasteiger partial charge in [0.05, 0.1) is 21.8 Å². The van der Waals surface area contributed by atoms with E-state index >= 15 is 0 Å². The van der Waals surface area contributed by atoms with Gasteiger partial charge in [-0.15, -0.1) is 0 Å². The molecule has 0 saturated carbocycles. The Labute approximate surface area is 222 Å². The molecule has 37 heavy (non-hydrogen) atoms. The molecule has 2 aromatic heterocycles. The summed E-state index contributed by atoms with van der Waals surface area (Å²) in [6.07, 6.45) is 3.57. The van der Waals surface area contributed by atoms with E-state index < -0.39 is 0 Å². The Balaban J connectivity index is 1.43. The van der Waals surface area contributed by atoms with Gasteiger partial charge in [0, 0.05) is 50.1 Å². The van der Waals surface area contributed by atoms with Crippen LogP contribution in [0, 0.1) is 12.7 Å². The molecule has 8 nitrogen and oxygen atoms in total. The number of aromatic nitrogens is 4. The molecule has 2 atom stereocenters. The van der Waals surface area contributed by atoms with Crippen LogP contribution in [0.3, 0.4) is 0 Å². The van der Waals surface area contributed by atoms with E-state index in [0.29, 0.717) is 52.4 Å². The first kappa shape index (κ1) is 25.1. The van der Waals surface area contributed by atoms with Crippen molar-refractivity contribution in [1.29, 1.82) is 0 Å². The third-order valence-corrected chi connectivity index (χ3v) is 7.39. The lowest BCUT2D eigenvalue weighted by atomic mass is 9.85. The zero-order chi connectivity index (χ0) is 26.3. The van der Waals surface area contributed by atoms with Gasteiger partial charge < -0.3 is 10.2 Å². The topological polar surface area (TPSA) is 93.0 Å². The quantitative estimate of drug-likeness (QED) is 0.410. The van der Waals surface area contributed by atoms with Crippen LogP contribution in [0.4, 0.5) is 4.39 Å². The lowest BCUT2D eigenvalue weighted by Crippen LogP contribution is -2.51. The van der Waals surface area contributed by atoms with E-state index in [0.717, 1.165) is 5.56 Å². The number of nitrogens with zero attached hydrogens (tertiary/aromatic N) is 5. The van der Waals surface area contributed by atoms with E-state index in [4.69, 9.17) is 23.2 Å². The van der Waals surface area contributed by atoms with Crippen LogP contribution in [0.1, 0.15) is 44.3 Å². The Morgan fingerprint density at radius 2 is 1.84 bits per heavy atom. The maximum atomic E-state index is 13.7. The molecule has 0 aliphatic carbocycles. The van der Waals surface area contributed by atoms with E-state index in [-0.39, 0.29) is 34.7 Å². The van der Waals surface area contributed by atoms with Gasteiger partial charge in [-0.2, -0.15) is 5.10 Å². The van der Waals surface area contributed by atoms with Gasteiger partial charge in [-0.25, -0.2) is 4.39 Å². The van der Waals surface area contributed by atoms with Crippen LogP contribution in [0.5, 0.6) is 0 Å². The second kappa shape index (κ2) is 10.1. The first-order chi connectivity index (χ1) is 17.7. The third-order valence-electron chi connectivity index (χ3n) is 6.67. The summed E-state index contributed by atoms with van der Waals surface area (Å²) in [6, 6.07) is 9.05. The normalized spacial score (nSPS) is 17.7. The van der Waals surface area contributed by atoms with Crippen LogP contribution in [-0.4, -0.2) is 55.6 Å². The van der Waals surface area contributed by atoms with Crippen molar-refractivity contribution in [2.75, 3.05) is 13.1 Å². The molecule has 0 unspecified atom stereocenters. The Bertz CT molecular complexity index is 1510. The summed E-state index contributed by atoms with van der Waals surface area (Å²) in [5.74, 6) is -1.20. The Hall–Kier alpha value is -3.56. The first-order valence-electron chi connectivity index (χ1n) is 11.7. The second-order valence-electron chi connectivity index (χ2n) is 9.03. The van der Waals surface area contributed by atoms with E-state index in [9.17, 15) is 14.0 Å². The molecule has 1 N–H and O–H groups in total. The highest BCUT2D eigenvalue weighted by Crippen LogP contribution is 2.31. The van der Waals surface area contributed by atoms with Crippen molar-refractivity contribution in [3.8, 4) is 0 Å². The molecule has 0 radical (unpaired) electrons. The van der Waals surface area contributed by atoms with Crippen LogP contribution in [0.2, 0.25) is 10.2 Å². The van der Waals surface area contributed by atoms with E-state index in [1.807, 2.05) is 0 Å². The smallest absolute Gasteiger partial charge is 0.256 e. The van der Waals surface area contributed by atoms with Crippen molar-refractivity contribution in [2.45, 2.75) is 25.3 Å². The molecular weight excluding hydrogens is 518 g/mol. The number of piperidine rings is 1. The lowest BCUT2D eigenvalue weighted by molar-refractivity contribution is 0.0671. The average molecular weight is 541 g/mol. The summed E-state index contributed by atoms with van der Waals surface area (Å²) in [4.78, 5) is 36.9. The summed E-state index contributed by atoms with van der Waals surface area (Å²) in [5.41, 5.74) is 3.09. The molecule has 0 spiro atoms. The highest BCUT2D eigenvalue weighted by molar-refractivity contribution is 6.35. The molecule has 1 aliphatic heterocycles. The zero-order valence-electron chi connectivity index (χ0n) is 20.1. The van der Waals surface area contributed by atoms with Crippen LogP contribution >= 0.6 is 23.2 Å². The fraction of sp³-hybridized carbons (Fsp3) is 0.269. The van der Waals surface area contributed by atoms with Crippen molar-refractivity contribution in [2.24, 2.45) is 7.05 Å². The molecule has 2 amide bonds. The number of carbonyl (C=O) groups excluding carboxylic acids is 2. The van der Waals surface area contributed by atoms with Gasteiger partial charge in [0.2, 0.25) is 0 Å². The van der Waals surface area contributed by atoms with Gasteiger partial charge in [-0.05, 0) is 43.2 Å². The van der Waals surface area contributed by atoms with Gasteiger partial charge in [-0.3, -0.25) is 24.2 Å². The molecule has 190 valence electrons. The fourth-order valence-electron chi connectivity index (χ4n) is 4.82. The summed E-state index contributed by atoms with van der Waals surface area (Å²) >= 11 is 12.7. The van der Waals surface area contributed by atoms with Crippen molar-refractivity contribution in [3.63, 3.8) is 0 Å². The number of carbonyl (C=O) groups is 2. The van der Waals surface area contributed by atoms with Crippen molar-refractivity contribution < 1.29 is 14.0 Å². The van der Waals surface area contributed by atoms with E-state index in [2.05, 4.69) is 20.4 Å². The minimum Gasteiger partial charge on any atom is -0.348 e. The van der Waals surface area contributed by atoms with Crippen molar-refractivity contribution in [3.05, 3.63) is 87.2 Å². The highest BCUT2D eigenvalue weighted by Gasteiger charge is 2.35. The van der Waals surface area contributed by atoms with Gasteiger partial charge >= 0.3 is 0 Å². The molecule has 1 fully saturated rings. The van der Waals surface area contributed by atoms with Crippen molar-refractivity contribution in [1.82, 2.24) is 30.0 Å². The van der Waals surface area contributed by atoms with E-state index in [1.165, 1.54) is 16.8 Å². The fourth-order valence-corrected chi connectivity index (χ4v) is 5.35. The van der Waals surface area contributed by atoms with Crippen LogP contribution in [0.25, 0.3) is 11.0 Å². The van der Waals surface area contributed by atoms with E-state index in [1.54, 1.807) is 55.5 Å². The minimum atomic E-state index is -0.363. The van der Waals surface area contributed by atoms with Gasteiger partial charge in [0.1, 0.15) is 16.5 Å². The number of halogens is 3. The molecule has 0 bridgehead atoms. The Morgan fingerprint density at radius 3 is 2.54 bits per heavy atom. The van der Waals surface area contributed by atoms with Crippen molar-refractivity contribution >= 4 is 46.0 Å². The molecule has 5 rings (SSSR count). The summed E-state index contributed by atoms with van der Waals surface area (Å²) < 4.78 is 15.1. The molecule has 3 heterocycles. The highest BCUT2D eigenvalue weighted by atomic mass is 35.5. The number of hydrogen-bond acceptors (Lipinski definition) is 5. The number of aryl methyl sites for hydroxylation is 2. The van der Waals surface area contributed by atoms with Gasteiger partial charge in [0.25, 0.3) is 11.8 Å². The van der Waals surface area contributed by atoms with Crippen LogP contribution < -0.4 is 5.32 Å². The maximum Gasteiger partial charge on any atom is 0.256 e. The zero-order valence-corrected chi connectivity index (χ0v) is 21.6. The SMILES string of the molecule is Cc1nn(C)c(Cl)c1C(=O)N[C@@H]1CCN(C(=O)c2cc(Cl)c3nccnc3c2)C[C@@H]1c1ccc(F)cc1. The second-order valence-corrected chi connectivity index (χ2v) is 9.80. The number of nitrogens with one attached hydrogen (secondary N) is 1. The van der Waals surface area contributed by atoms with Gasteiger partial charge in [-0.1, -0.05) is 35.3 Å². The number of hydrogen-bond donors (Lipinski definition) is 1. The van der Waals surface area contributed by atoms with Crippen LogP contribution in [-0.2, 0) is 7.05 Å². The predicted molar refractivity (Wildman–Crippen MR) is 138 cm³/mol. The largest absolute Gasteiger partial charge is 0.348 e. The maximum absolute atomic E-state index is 13.7. The number of benzene rings is 2. The summed E-state index contributed by atoms with van der Waals surface area (Å²) in [5, 5.41) is 7.89. The minimum absolute atomic E-state index is 0.211. The summed E-state index contributed by atoms with van der Waals surface area (Å²) in [6.45, 7) is 2.43. The third kappa shape index (κ3) is 4.89. The molecule has 4 aromatic rings. The Kier molecular flexibility index (Phi) is 6.83. The predicted octanol–water partition coefficient (Wildman–Crippen LogP) is 4.55. The monoisotopic (exact) mass is 540 g/mol. The molecule has 11 heteroatoms. The number of amides is 2. The van der Waals surface area contributed by atoms with Crippen LogP contribution in [0.15, 0.2) is 48.8 Å². The standard InChI is InChI=1S/C26H23Cl2FN6O2/c1-14-22(24(28)34(2)33-14)25(36)32-20-7-10-35(13-18(20)15-3-5-17(29)6-4-15)26(37)16-11-19(27)23-21(12-16)30-8-9-31-23/h3-6,8-9,11-12,18,20H,7,10,13H2,1-2H3,(H,32,36)/t18-,20-/m1/s1.